The molecule has 5 rings (SSSR count). The Bertz CT molecular complexity index is 2410. The molecule has 3 saturated heterocycles. The van der Waals surface area contributed by atoms with Gasteiger partial charge in [-0.15, -0.1) is 0 Å². The Kier molecular flexibility index (Phi) is 24.7. The number of carbonyl (C=O) groups excluding carboxylic acids is 6. The molecule has 4 amide bonds. The van der Waals surface area contributed by atoms with Gasteiger partial charge in [-0.05, 0) is 100 Å². The second kappa shape index (κ2) is 30.0. The highest BCUT2D eigenvalue weighted by molar-refractivity contribution is 5.93. The lowest BCUT2D eigenvalue weighted by molar-refractivity contribution is -0.267. The maximum Gasteiger partial charge on any atom is 0.325 e. The van der Waals surface area contributed by atoms with E-state index in [4.69, 9.17) is 9.47 Å². The molecule has 0 saturated carbocycles. The topological polar surface area (TPSA) is 314 Å². The lowest BCUT2D eigenvalue weighted by Gasteiger charge is -2.56. The van der Waals surface area contributed by atoms with E-state index in [1.807, 2.05) is 34.6 Å². The number of hydrazine groups is 1. The molecule has 19 unspecified atom stereocenters. The van der Waals surface area contributed by atoms with Crippen molar-refractivity contribution < 1.29 is 74.0 Å². The monoisotopic (exact) mass is 1140 g/mol. The Morgan fingerprint density at radius 1 is 0.901 bits per heavy atom. The van der Waals surface area contributed by atoms with E-state index >= 15 is 0 Å². The number of aromatic hydroxyl groups is 1. The van der Waals surface area contributed by atoms with E-state index in [1.54, 1.807) is 58.9 Å². The van der Waals surface area contributed by atoms with Crippen LogP contribution in [0.4, 0.5) is 0 Å². The third-order valence-electron chi connectivity index (χ3n) is 17.7. The number of carbonyl (C=O) groups is 6. The predicted molar refractivity (Wildman–Crippen MR) is 303 cm³/mol. The first-order valence-electron chi connectivity index (χ1n) is 29.4. The molecule has 19 atom stereocenters. The standard InChI is InChI=1S/C61H95N5O15/c1-12-42-28-36(7)61(64-56(42)75)40(11)54(73)39(10)52(81-61)31-49(71)34(5)21-25-47(69)50(72)27-35(6)51-19-15-13-14-18-46(68)38(9)55(74)43(24-22-37(8)67)57(76)63-53(32(2)3)58(77)62-45(29-41-23-20-33(4)48(70)30-41)59(78)66-26-16-17-44(65-66)60(79)80-51/h13-15,18,20,23,27,30,32,34,36,38-40,42-47,49-55,65,68-74H,12,16-17,19,21-22,24-26,28-29,31H2,1-11H3,(H,62,77)(H,63,76)(H,64,75). The maximum atomic E-state index is 14.6. The summed E-state index contributed by atoms with van der Waals surface area (Å²) in [5.74, 6) is -7.23. The molecular formula is C61H95N5O15. The molecule has 20 nitrogen and oxygen atoms in total. The van der Waals surface area contributed by atoms with E-state index in [9.17, 15) is 64.5 Å². The summed E-state index contributed by atoms with van der Waals surface area (Å²) in [5.41, 5.74) is 3.38. The largest absolute Gasteiger partial charge is 0.508 e. The van der Waals surface area contributed by atoms with Gasteiger partial charge in [0.1, 0.15) is 41.5 Å². The van der Waals surface area contributed by atoms with Gasteiger partial charge in [-0.1, -0.05) is 97.9 Å². The number of allylic oxidation sites excluding steroid dienone is 2. The molecule has 20 heteroatoms. The van der Waals surface area contributed by atoms with E-state index in [0.717, 1.165) is 0 Å². The summed E-state index contributed by atoms with van der Waals surface area (Å²) in [6, 6.07) is 1.30. The molecule has 11 N–H and O–H groups in total. The van der Waals surface area contributed by atoms with Crippen molar-refractivity contribution in [2.75, 3.05) is 6.54 Å². The molecule has 4 aliphatic heterocycles. The SMILES string of the molecule is CCC1CC(C)C2(NC1=O)OC(CC(O)C(C)CCC(O)C(O)C=C(C)C1CC=CC=CC(O)C(C)C(O)C(CCC(C)=O)C(=O)NC(C(C)C)C(=O)NC(Cc3ccc(C)c(O)c3)C(=O)N3CCCC(N3)C(=O)O1)C(C)C(O)C2C. The molecule has 2 bridgehead atoms. The van der Waals surface area contributed by atoms with Crippen LogP contribution >= 0.6 is 0 Å². The number of aliphatic hydroxyl groups excluding tert-OH is 6. The highest BCUT2D eigenvalue weighted by Crippen LogP contribution is 2.46. The number of Topliss-reactive ketones (excluding diaryl/α,β-unsaturated/α-hetero) is 1. The van der Waals surface area contributed by atoms with Crippen LogP contribution in [-0.2, 0) is 44.7 Å². The number of nitrogens with one attached hydrogen (secondary N) is 4. The number of ether oxygens (including phenoxy) is 2. The van der Waals surface area contributed by atoms with Crippen LogP contribution in [0.15, 0.2) is 54.2 Å². The summed E-state index contributed by atoms with van der Waals surface area (Å²) in [6.07, 6.45) is 1.03. The normalized spacial score (nSPS) is 34.0. The minimum absolute atomic E-state index is 0.0267. The zero-order valence-corrected chi connectivity index (χ0v) is 49.4. The Hall–Kier alpha value is -5.06. The van der Waals surface area contributed by atoms with E-state index in [0.29, 0.717) is 42.4 Å². The summed E-state index contributed by atoms with van der Waals surface area (Å²) in [6.45, 7) is 19.3. The summed E-state index contributed by atoms with van der Waals surface area (Å²) in [4.78, 5) is 82.5. The van der Waals surface area contributed by atoms with E-state index < -0.39 is 114 Å². The van der Waals surface area contributed by atoms with Gasteiger partial charge in [0.25, 0.3) is 5.91 Å². The highest BCUT2D eigenvalue weighted by atomic mass is 16.5. The van der Waals surface area contributed by atoms with Gasteiger partial charge in [0.05, 0.1) is 48.6 Å². The maximum absolute atomic E-state index is 14.6. The number of nitrogens with zero attached hydrogens (tertiary/aromatic N) is 1. The lowest BCUT2D eigenvalue weighted by Crippen LogP contribution is -2.71. The van der Waals surface area contributed by atoms with Crippen LogP contribution in [0.2, 0.25) is 0 Å². The molecule has 81 heavy (non-hydrogen) atoms. The van der Waals surface area contributed by atoms with Gasteiger partial charge in [0.2, 0.25) is 17.7 Å². The Morgan fingerprint density at radius 3 is 2.26 bits per heavy atom. The van der Waals surface area contributed by atoms with Gasteiger partial charge in [0, 0.05) is 61.8 Å². The van der Waals surface area contributed by atoms with Crippen LogP contribution in [-0.4, -0.2) is 155 Å². The number of phenolic OH excluding ortho intramolecular Hbond substituents is 1. The van der Waals surface area contributed by atoms with Crippen LogP contribution in [0.3, 0.4) is 0 Å². The van der Waals surface area contributed by atoms with E-state index in [-0.39, 0.29) is 98.5 Å². The number of fused-ring (bicyclic) bond motifs is 2. The minimum atomic E-state index is -1.48. The van der Waals surface area contributed by atoms with Gasteiger partial charge in [-0.25, -0.2) is 5.43 Å². The van der Waals surface area contributed by atoms with Gasteiger partial charge >= 0.3 is 5.97 Å². The molecule has 1 spiro atoms. The smallest absolute Gasteiger partial charge is 0.325 e. The number of aliphatic hydroxyl groups is 6. The molecule has 0 radical (unpaired) electrons. The molecule has 1 aromatic carbocycles. The fourth-order valence-corrected chi connectivity index (χ4v) is 11.7. The van der Waals surface area contributed by atoms with Crippen molar-refractivity contribution in [2.45, 2.75) is 219 Å². The molecule has 454 valence electrons. The van der Waals surface area contributed by atoms with Crippen molar-refractivity contribution in [2.24, 2.45) is 47.3 Å². The summed E-state index contributed by atoms with van der Waals surface area (Å²) < 4.78 is 12.8. The third-order valence-corrected chi connectivity index (χ3v) is 17.7. The zero-order chi connectivity index (χ0) is 60.2. The number of amides is 4. The summed E-state index contributed by atoms with van der Waals surface area (Å²) in [5, 5.41) is 89.1. The van der Waals surface area contributed by atoms with Crippen molar-refractivity contribution in [3.05, 3.63) is 65.3 Å². The quantitative estimate of drug-likeness (QED) is 0.0827. The van der Waals surface area contributed by atoms with Crippen molar-refractivity contribution in [1.82, 2.24) is 26.4 Å². The van der Waals surface area contributed by atoms with Crippen LogP contribution in [0.5, 0.6) is 5.75 Å². The second-order valence-corrected chi connectivity index (χ2v) is 24.2. The first-order chi connectivity index (χ1) is 38.1. The van der Waals surface area contributed by atoms with Gasteiger partial charge < -0.3 is 66.0 Å². The first-order valence-corrected chi connectivity index (χ1v) is 29.4. The highest BCUT2D eigenvalue weighted by Gasteiger charge is 2.57. The average molecular weight is 1140 g/mol. The van der Waals surface area contributed by atoms with Crippen molar-refractivity contribution in [1.29, 1.82) is 0 Å². The summed E-state index contributed by atoms with van der Waals surface area (Å²) >= 11 is 0. The van der Waals surface area contributed by atoms with Crippen LogP contribution in [0.1, 0.15) is 145 Å². The first kappa shape index (κ1) is 66.7. The second-order valence-electron chi connectivity index (χ2n) is 24.2. The Balaban J connectivity index is 1.37. The molecule has 4 aliphatic rings. The van der Waals surface area contributed by atoms with Gasteiger partial charge in [-0.2, -0.15) is 0 Å². The fraction of sp³-hybridized carbons (Fsp3) is 0.705. The van der Waals surface area contributed by atoms with Crippen LogP contribution in [0, 0.1) is 54.3 Å². The van der Waals surface area contributed by atoms with Crippen molar-refractivity contribution >= 4 is 35.4 Å². The molecule has 0 aromatic heterocycles. The number of ketones is 1. The van der Waals surface area contributed by atoms with E-state index in [2.05, 4.69) is 21.4 Å². The number of cyclic esters (lactones) is 1. The summed E-state index contributed by atoms with van der Waals surface area (Å²) in [7, 11) is 0. The molecule has 3 fully saturated rings. The number of phenols is 1. The van der Waals surface area contributed by atoms with Crippen LogP contribution < -0.4 is 21.4 Å². The average Bonchev–Trinajstić information content (AvgIpc) is 3.43. The van der Waals surface area contributed by atoms with Crippen LogP contribution in [0.25, 0.3) is 0 Å². The van der Waals surface area contributed by atoms with Crippen molar-refractivity contribution in [3.8, 4) is 5.75 Å². The number of rotatable bonds is 16. The molecule has 1 aromatic rings. The minimum Gasteiger partial charge on any atom is -0.508 e. The number of piperidine rings is 1. The lowest BCUT2D eigenvalue weighted by atomic mass is 9.69. The number of esters is 1. The number of hydrogen-bond acceptors (Lipinski definition) is 16. The molecule has 0 aliphatic carbocycles. The van der Waals surface area contributed by atoms with E-state index in [1.165, 1.54) is 36.2 Å². The Labute approximate surface area is 478 Å². The predicted octanol–water partition coefficient (Wildman–Crippen LogP) is 3.88. The number of benzene rings is 1. The third kappa shape index (κ3) is 17.3. The fourth-order valence-electron chi connectivity index (χ4n) is 11.7. The van der Waals surface area contributed by atoms with Gasteiger partial charge in [0.15, 0.2) is 0 Å². The zero-order valence-electron chi connectivity index (χ0n) is 49.4. The number of aryl methyl sites for hydroxylation is 1. The molecular weight excluding hydrogens is 1040 g/mol. The molecule has 4 heterocycles. The Morgan fingerprint density at radius 2 is 1.60 bits per heavy atom. The van der Waals surface area contributed by atoms with Gasteiger partial charge in [-0.3, -0.25) is 29.0 Å². The number of hydrogen-bond donors (Lipinski definition) is 11. The van der Waals surface area contributed by atoms with Crippen molar-refractivity contribution in [3.63, 3.8) is 0 Å².